The molecule has 0 aliphatic carbocycles. The van der Waals surface area contributed by atoms with Gasteiger partial charge in [0.1, 0.15) is 17.8 Å². The van der Waals surface area contributed by atoms with Crippen molar-refractivity contribution in [3.8, 4) is 0 Å². The number of hydrogen-bond acceptors (Lipinski definition) is 6. The van der Waals surface area contributed by atoms with Crippen LogP contribution in [0.1, 0.15) is 16.2 Å². The van der Waals surface area contributed by atoms with E-state index < -0.39 is 4.92 Å². The van der Waals surface area contributed by atoms with Crippen molar-refractivity contribution in [3.63, 3.8) is 0 Å². The Hall–Kier alpha value is -2.97. The molecule has 21 heavy (non-hydrogen) atoms. The summed E-state index contributed by atoms with van der Waals surface area (Å²) in [7, 11) is 0. The number of aromatic nitrogens is 3. The van der Waals surface area contributed by atoms with Crippen LogP contribution in [0.2, 0.25) is 0 Å². The number of nitro groups is 1. The van der Waals surface area contributed by atoms with Crippen LogP contribution in [0.4, 0.5) is 11.5 Å². The molecule has 3 heterocycles. The van der Waals surface area contributed by atoms with Crippen LogP contribution >= 0.6 is 0 Å². The standard InChI is InChI=1S/C12H12N6O3/c13-11-9(5-8(6-15-11)18(20)21)12(19)17-4-3-16-2-1-14-10(16)7-17/h1-2,5-6H,3-4,7H2,(H2,13,15). The highest BCUT2D eigenvalue weighted by Gasteiger charge is 2.25. The van der Waals surface area contributed by atoms with Gasteiger partial charge in [-0.3, -0.25) is 14.9 Å². The molecular weight excluding hydrogens is 276 g/mol. The van der Waals surface area contributed by atoms with Crippen LogP contribution in [0.15, 0.2) is 24.7 Å². The van der Waals surface area contributed by atoms with Gasteiger partial charge in [0.05, 0.1) is 17.0 Å². The third kappa shape index (κ3) is 2.29. The fourth-order valence-electron chi connectivity index (χ4n) is 2.25. The second kappa shape index (κ2) is 4.85. The highest BCUT2D eigenvalue weighted by atomic mass is 16.6. The van der Waals surface area contributed by atoms with Crippen molar-refractivity contribution in [2.75, 3.05) is 12.3 Å². The van der Waals surface area contributed by atoms with Crippen LogP contribution in [0.25, 0.3) is 0 Å². The third-order valence-corrected chi connectivity index (χ3v) is 3.38. The zero-order valence-corrected chi connectivity index (χ0v) is 11.0. The molecule has 2 N–H and O–H groups in total. The fraction of sp³-hybridized carbons (Fsp3) is 0.250. The number of nitrogens with zero attached hydrogens (tertiary/aromatic N) is 5. The smallest absolute Gasteiger partial charge is 0.288 e. The molecule has 1 amide bonds. The lowest BCUT2D eigenvalue weighted by Gasteiger charge is -2.27. The molecule has 1 aliphatic heterocycles. The zero-order valence-electron chi connectivity index (χ0n) is 11.0. The molecule has 0 unspecified atom stereocenters. The first kappa shape index (κ1) is 13.0. The number of amides is 1. The molecule has 0 spiro atoms. The third-order valence-electron chi connectivity index (χ3n) is 3.38. The number of imidazole rings is 1. The molecule has 0 bridgehead atoms. The Balaban J connectivity index is 1.89. The summed E-state index contributed by atoms with van der Waals surface area (Å²) in [5.74, 6) is 0.379. The van der Waals surface area contributed by atoms with Gasteiger partial charge in [-0.2, -0.15) is 0 Å². The molecule has 0 radical (unpaired) electrons. The van der Waals surface area contributed by atoms with Gasteiger partial charge >= 0.3 is 0 Å². The predicted octanol–water partition coefficient (Wildman–Crippen LogP) is 0.424. The summed E-state index contributed by atoms with van der Waals surface area (Å²) in [6, 6.07) is 1.16. The predicted molar refractivity (Wildman–Crippen MR) is 72.3 cm³/mol. The fourth-order valence-corrected chi connectivity index (χ4v) is 2.25. The molecule has 0 fully saturated rings. The molecule has 2 aromatic heterocycles. The van der Waals surface area contributed by atoms with Crippen LogP contribution < -0.4 is 5.73 Å². The molecule has 0 saturated carbocycles. The average molecular weight is 288 g/mol. The lowest BCUT2D eigenvalue weighted by Crippen LogP contribution is -2.38. The summed E-state index contributed by atoms with van der Waals surface area (Å²) in [6.07, 6.45) is 4.56. The van der Waals surface area contributed by atoms with Gasteiger partial charge < -0.3 is 15.2 Å². The van der Waals surface area contributed by atoms with Gasteiger partial charge in [-0.25, -0.2) is 9.97 Å². The number of carbonyl (C=O) groups is 1. The zero-order chi connectivity index (χ0) is 15.0. The van der Waals surface area contributed by atoms with E-state index in [1.54, 1.807) is 11.1 Å². The minimum Gasteiger partial charge on any atom is -0.383 e. The molecule has 1 aliphatic rings. The first-order valence-corrected chi connectivity index (χ1v) is 6.25. The van der Waals surface area contributed by atoms with Crippen molar-refractivity contribution in [1.29, 1.82) is 0 Å². The number of anilines is 1. The lowest BCUT2D eigenvalue weighted by molar-refractivity contribution is -0.385. The summed E-state index contributed by atoms with van der Waals surface area (Å²) < 4.78 is 1.96. The van der Waals surface area contributed by atoms with Crippen molar-refractivity contribution in [2.24, 2.45) is 0 Å². The molecular formula is C12H12N6O3. The van der Waals surface area contributed by atoms with Crippen molar-refractivity contribution in [2.45, 2.75) is 13.1 Å². The molecule has 0 atom stereocenters. The molecule has 108 valence electrons. The van der Waals surface area contributed by atoms with E-state index in [9.17, 15) is 14.9 Å². The van der Waals surface area contributed by atoms with Crippen LogP contribution in [0.5, 0.6) is 0 Å². The van der Waals surface area contributed by atoms with Crippen LogP contribution in [-0.2, 0) is 13.1 Å². The first-order valence-electron chi connectivity index (χ1n) is 6.25. The maximum atomic E-state index is 12.5. The maximum Gasteiger partial charge on any atom is 0.288 e. The molecule has 3 rings (SSSR count). The summed E-state index contributed by atoms with van der Waals surface area (Å²) in [4.78, 5) is 32.1. The number of pyridine rings is 1. The van der Waals surface area contributed by atoms with Crippen molar-refractivity contribution in [1.82, 2.24) is 19.4 Å². The largest absolute Gasteiger partial charge is 0.383 e. The number of nitrogens with two attached hydrogens (primary N) is 1. The topological polar surface area (TPSA) is 120 Å². The summed E-state index contributed by atoms with van der Waals surface area (Å²) >= 11 is 0. The monoisotopic (exact) mass is 288 g/mol. The Bertz CT molecular complexity index is 726. The van der Waals surface area contributed by atoms with Gasteiger partial charge in [-0.15, -0.1) is 0 Å². The Kier molecular flexibility index (Phi) is 3.01. The minimum atomic E-state index is -0.605. The van der Waals surface area contributed by atoms with Gasteiger partial charge in [0, 0.05) is 31.5 Å². The summed E-state index contributed by atoms with van der Waals surface area (Å²) in [5, 5.41) is 10.8. The Labute approximate surface area is 119 Å². The van der Waals surface area contributed by atoms with E-state index in [4.69, 9.17) is 5.73 Å². The normalized spacial score (nSPS) is 13.8. The number of fused-ring (bicyclic) bond motifs is 1. The van der Waals surface area contributed by atoms with Gasteiger partial charge in [0.25, 0.3) is 11.6 Å². The van der Waals surface area contributed by atoms with Gasteiger partial charge in [0.2, 0.25) is 0 Å². The second-order valence-electron chi connectivity index (χ2n) is 4.65. The average Bonchev–Trinajstić information content (AvgIpc) is 2.94. The lowest BCUT2D eigenvalue weighted by atomic mass is 10.2. The summed E-state index contributed by atoms with van der Waals surface area (Å²) in [6.45, 7) is 1.46. The number of hydrogen-bond donors (Lipinski definition) is 1. The van der Waals surface area contributed by atoms with E-state index in [0.717, 1.165) is 18.1 Å². The van der Waals surface area contributed by atoms with Crippen molar-refractivity contribution < 1.29 is 9.72 Å². The van der Waals surface area contributed by atoms with E-state index in [0.29, 0.717) is 19.6 Å². The number of nitrogen functional groups attached to an aromatic ring is 1. The first-order chi connectivity index (χ1) is 10.1. The van der Waals surface area contributed by atoms with Gasteiger partial charge in [-0.05, 0) is 0 Å². The SMILES string of the molecule is Nc1ncc([N+](=O)[O-])cc1C(=O)N1CCn2ccnc2C1. The molecule has 0 aromatic carbocycles. The van der Waals surface area contributed by atoms with Crippen molar-refractivity contribution >= 4 is 17.4 Å². The quantitative estimate of drug-likeness (QED) is 0.631. The molecule has 9 nitrogen and oxygen atoms in total. The van der Waals surface area contributed by atoms with Crippen LogP contribution in [0.3, 0.4) is 0 Å². The summed E-state index contributed by atoms with van der Waals surface area (Å²) in [5.41, 5.74) is 5.46. The van der Waals surface area contributed by atoms with E-state index in [1.807, 2.05) is 10.8 Å². The molecule has 0 saturated heterocycles. The number of carbonyl (C=O) groups excluding carboxylic acids is 1. The minimum absolute atomic E-state index is 0.0143. The van der Waals surface area contributed by atoms with Crippen LogP contribution in [0, 0.1) is 10.1 Å². The Morgan fingerprint density at radius 2 is 2.19 bits per heavy atom. The van der Waals surface area contributed by atoms with E-state index in [-0.39, 0.29) is 23.0 Å². The van der Waals surface area contributed by atoms with E-state index in [1.165, 1.54) is 0 Å². The van der Waals surface area contributed by atoms with E-state index >= 15 is 0 Å². The molecule has 9 heteroatoms. The maximum absolute atomic E-state index is 12.5. The van der Waals surface area contributed by atoms with Crippen molar-refractivity contribution in [3.05, 3.63) is 46.2 Å². The molecule has 2 aromatic rings. The second-order valence-corrected chi connectivity index (χ2v) is 4.65. The Morgan fingerprint density at radius 1 is 1.38 bits per heavy atom. The van der Waals surface area contributed by atoms with E-state index in [2.05, 4.69) is 9.97 Å². The highest BCUT2D eigenvalue weighted by Crippen LogP contribution is 2.20. The highest BCUT2D eigenvalue weighted by molar-refractivity contribution is 5.98. The Morgan fingerprint density at radius 3 is 2.95 bits per heavy atom. The van der Waals surface area contributed by atoms with Gasteiger partial charge in [-0.1, -0.05) is 0 Å². The van der Waals surface area contributed by atoms with Crippen LogP contribution in [-0.4, -0.2) is 36.8 Å². The van der Waals surface area contributed by atoms with Gasteiger partial charge in [0.15, 0.2) is 0 Å². The number of rotatable bonds is 2.